The Morgan fingerprint density at radius 1 is 1.21 bits per heavy atom. The van der Waals surface area contributed by atoms with Crippen molar-refractivity contribution in [1.82, 2.24) is 0 Å². The van der Waals surface area contributed by atoms with Crippen LogP contribution in [0.15, 0.2) is 40.9 Å². The number of carboxylic acid groups (broad SMARTS) is 1. The Balaban J connectivity index is 2.34. The van der Waals surface area contributed by atoms with Gasteiger partial charge in [-0.2, -0.15) is 0 Å². The molecule has 0 bridgehead atoms. The third-order valence-electron chi connectivity index (χ3n) is 2.32. The van der Waals surface area contributed by atoms with Gasteiger partial charge in [0.15, 0.2) is 11.6 Å². The van der Waals surface area contributed by atoms with Crippen LogP contribution in [0.25, 0.3) is 0 Å². The summed E-state index contributed by atoms with van der Waals surface area (Å²) >= 11 is 5.07. The van der Waals surface area contributed by atoms with Crippen LogP contribution < -0.4 is 4.74 Å². The molecule has 0 fully saturated rings. The second-order valence-corrected chi connectivity index (χ2v) is 5.64. The molecule has 0 spiro atoms. The van der Waals surface area contributed by atoms with Crippen molar-refractivity contribution < 1.29 is 19.0 Å². The highest BCUT2D eigenvalue weighted by molar-refractivity contribution is 14.1. The number of hydrogen-bond donors (Lipinski definition) is 1. The summed E-state index contributed by atoms with van der Waals surface area (Å²) in [6.45, 7) is 0. The van der Waals surface area contributed by atoms with Crippen molar-refractivity contribution in [3.8, 4) is 11.5 Å². The summed E-state index contributed by atoms with van der Waals surface area (Å²) in [4.78, 5) is 10.8. The summed E-state index contributed by atoms with van der Waals surface area (Å²) in [7, 11) is 0. The molecule has 0 aliphatic heterocycles. The fourth-order valence-electron chi connectivity index (χ4n) is 1.41. The first-order valence-electron chi connectivity index (χ1n) is 5.13. The van der Waals surface area contributed by atoms with Gasteiger partial charge in [-0.3, -0.25) is 0 Å². The van der Waals surface area contributed by atoms with Crippen LogP contribution in [-0.2, 0) is 0 Å². The van der Waals surface area contributed by atoms with E-state index in [-0.39, 0.29) is 15.8 Å². The summed E-state index contributed by atoms with van der Waals surface area (Å²) in [5.74, 6) is -1.49. The van der Waals surface area contributed by atoms with Gasteiger partial charge in [0.2, 0.25) is 0 Å². The Bertz CT molecular complexity index is 629. The molecule has 0 saturated heterocycles. The van der Waals surface area contributed by atoms with Crippen LogP contribution in [0.4, 0.5) is 4.39 Å². The Labute approximate surface area is 130 Å². The summed E-state index contributed by atoms with van der Waals surface area (Å²) in [6, 6.07) is 9.66. The molecule has 6 heteroatoms. The Morgan fingerprint density at radius 2 is 1.84 bits per heavy atom. The summed E-state index contributed by atoms with van der Waals surface area (Å²) < 4.78 is 20.2. The second-order valence-electron chi connectivity index (χ2n) is 3.60. The van der Waals surface area contributed by atoms with Crippen LogP contribution in [0.5, 0.6) is 11.5 Å². The maximum Gasteiger partial charge on any atom is 0.336 e. The molecule has 2 aromatic rings. The van der Waals surface area contributed by atoms with E-state index in [1.54, 1.807) is 12.1 Å². The number of benzene rings is 2. The van der Waals surface area contributed by atoms with Gasteiger partial charge in [-0.15, -0.1) is 0 Å². The van der Waals surface area contributed by atoms with Crippen LogP contribution in [0.2, 0.25) is 0 Å². The fraction of sp³-hybridized carbons (Fsp3) is 0. The topological polar surface area (TPSA) is 46.5 Å². The van der Waals surface area contributed by atoms with Crippen LogP contribution in [-0.4, -0.2) is 11.1 Å². The maximum atomic E-state index is 14.0. The van der Waals surface area contributed by atoms with E-state index < -0.39 is 11.8 Å². The average Bonchev–Trinajstić information content (AvgIpc) is 2.37. The average molecular weight is 437 g/mol. The molecule has 3 nitrogen and oxygen atoms in total. The number of carboxylic acids is 1. The fourth-order valence-corrected chi connectivity index (χ4v) is 2.26. The van der Waals surface area contributed by atoms with E-state index in [2.05, 4.69) is 38.5 Å². The quantitative estimate of drug-likeness (QED) is 0.710. The van der Waals surface area contributed by atoms with Gasteiger partial charge in [0, 0.05) is 3.57 Å². The predicted octanol–water partition coefficient (Wildman–Crippen LogP) is 4.68. The van der Waals surface area contributed by atoms with Gasteiger partial charge < -0.3 is 9.84 Å². The van der Waals surface area contributed by atoms with E-state index in [1.165, 1.54) is 12.1 Å². The number of rotatable bonds is 3. The van der Waals surface area contributed by atoms with Crippen molar-refractivity contribution in [3.63, 3.8) is 0 Å². The van der Waals surface area contributed by atoms with Crippen LogP contribution in [0.1, 0.15) is 10.4 Å². The molecule has 0 aliphatic carbocycles. The summed E-state index contributed by atoms with van der Waals surface area (Å²) in [6.07, 6.45) is 0. The third kappa shape index (κ3) is 3.24. The Hall–Kier alpha value is -1.15. The van der Waals surface area contributed by atoms with Gasteiger partial charge in [-0.05, 0) is 74.9 Å². The maximum absolute atomic E-state index is 14.0. The Kier molecular flexibility index (Phi) is 4.41. The van der Waals surface area contributed by atoms with Gasteiger partial charge in [0.25, 0.3) is 0 Å². The molecule has 2 aromatic carbocycles. The van der Waals surface area contributed by atoms with Gasteiger partial charge in [-0.25, -0.2) is 9.18 Å². The lowest BCUT2D eigenvalue weighted by molar-refractivity contribution is 0.0695. The highest BCUT2D eigenvalue weighted by Gasteiger charge is 2.17. The molecular formula is C13H7BrFIO3. The van der Waals surface area contributed by atoms with Gasteiger partial charge >= 0.3 is 5.97 Å². The molecule has 0 aromatic heterocycles. The first-order chi connectivity index (χ1) is 8.99. The number of carbonyl (C=O) groups is 1. The minimum Gasteiger partial charge on any atom is -0.478 e. The van der Waals surface area contributed by atoms with Crippen molar-refractivity contribution in [2.24, 2.45) is 0 Å². The van der Waals surface area contributed by atoms with Gasteiger partial charge in [-0.1, -0.05) is 0 Å². The largest absolute Gasteiger partial charge is 0.478 e. The lowest BCUT2D eigenvalue weighted by Gasteiger charge is -2.09. The molecule has 0 heterocycles. The second kappa shape index (κ2) is 5.87. The van der Waals surface area contributed by atoms with E-state index >= 15 is 0 Å². The number of halogens is 3. The minimum atomic E-state index is -1.20. The zero-order chi connectivity index (χ0) is 14.0. The molecule has 0 saturated carbocycles. The zero-order valence-electron chi connectivity index (χ0n) is 9.36. The molecule has 2 rings (SSSR count). The van der Waals surface area contributed by atoms with E-state index in [4.69, 9.17) is 9.84 Å². The van der Waals surface area contributed by atoms with Crippen LogP contribution in [0, 0.1) is 9.39 Å². The van der Waals surface area contributed by atoms with Crippen molar-refractivity contribution in [1.29, 1.82) is 0 Å². The van der Waals surface area contributed by atoms with Crippen molar-refractivity contribution in [2.75, 3.05) is 0 Å². The van der Waals surface area contributed by atoms with E-state index in [0.29, 0.717) is 5.75 Å². The first-order valence-corrected chi connectivity index (χ1v) is 7.01. The zero-order valence-corrected chi connectivity index (χ0v) is 13.1. The van der Waals surface area contributed by atoms with Crippen molar-refractivity contribution in [3.05, 3.63) is 55.8 Å². The lowest BCUT2D eigenvalue weighted by atomic mass is 10.2. The third-order valence-corrected chi connectivity index (χ3v) is 3.81. The molecular weight excluding hydrogens is 430 g/mol. The first kappa shape index (κ1) is 14.3. The van der Waals surface area contributed by atoms with Crippen LogP contribution >= 0.6 is 38.5 Å². The highest BCUT2D eigenvalue weighted by Crippen LogP contribution is 2.31. The number of aromatic carboxylic acids is 1. The predicted molar refractivity (Wildman–Crippen MR) is 80.3 cm³/mol. The molecule has 98 valence electrons. The van der Waals surface area contributed by atoms with Crippen LogP contribution in [0.3, 0.4) is 0 Å². The molecule has 0 unspecified atom stereocenters. The molecule has 0 aliphatic rings. The van der Waals surface area contributed by atoms with Gasteiger partial charge in [0.05, 0.1) is 10.0 Å². The minimum absolute atomic E-state index is 0.0296. The summed E-state index contributed by atoms with van der Waals surface area (Å²) in [5.41, 5.74) is -0.146. The summed E-state index contributed by atoms with van der Waals surface area (Å²) in [5, 5.41) is 8.86. The molecule has 0 amide bonds. The van der Waals surface area contributed by atoms with E-state index in [9.17, 15) is 9.18 Å². The van der Waals surface area contributed by atoms with Gasteiger partial charge in [0.1, 0.15) is 5.75 Å². The smallest absolute Gasteiger partial charge is 0.336 e. The van der Waals surface area contributed by atoms with E-state index in [1.807, 2.05) is 12.1 Å². The molecule has 19 heavy (non-hydrogen) atoms. The number of hydrogen-bond acceptors (Lipinski definition) is 2. The number of ether oxygens (including phenoxy) is 1. The molecule has 1 N–H and O–H groups in total. The SMILES string of the molecule is O=C(O)c1ccc(Oc2ccc(I)cc2)c(F)c1Br. The molecule has 0 atom stereocenters. The van der Waals surface area contributed by atoms with Crippen molar-refractivity contribution >= 4 is 44.5 Å². The van der Waals surface area contributed by atoms with Crippen molar-refractivity contribution in [2.45, 2.75) is 0 Å². The Morgan fingerprint density at radius 3 is 2.42 bits per heavy atom. The monoisotopic (exact) mass is 436 g/mol. The standard InChI is InChI=1S/C13H7BrFIO3/c14-11-9(13(17)18)5-6-10(12(11)15)19-8-3-1-7(16)2-4-8/h1-6H,(H,17,18). The lowest BCUT2D eigenvalue weighted by Crippen LogP contribution is -2.00. The highest BCUT2D eigenvalue weighted by atomic mass is 127. The molecule has 0 radical (unpaired) electrons. The van der Waals surface area contributed by atoms with E-state index in [0.717, 1.165) is 3.57 Å². The normalized spacial score (nSPS) is 10.3.